The third kappa shape index (κ3) is 2.25. The van der Waals surface area contributed by atoms with Crippen LogP contribution in [0.3, 0.4) is 0 Å². The molecule has 1 aliphatic rings. The standard InChI is InChI=1S/C13H16OS/c1-9(2)7-12(14)11-8-15-13-6-4-3-5-10(11)13/h3-6,9,11H,7-8H2,1-2H3. The van der Waals surface area contributed by atoms with Gasteiger partial charge in [-0.1, -0.05) is 32.0 Å². The van der Waals surface area contributed by atoms with Crippen LogP contribution in [0, 0.1) is 5.92 Å². The van der Waals surface area contributed by atoms with Crippen molar-refractivity contribution in [2.75, 3.05) is 5.75 Å². The van der Waals surface area contributed by atoms with Crippen LogP contribution in [0.5, 0.6) is 0 Å². The van der Waals surface area contributed by atoms with Crippen LogP contribution in [0.15, 0.2) is 29.2 Å². The second kappa shape index (κ2) is 4.40. The summed E-state index contributed by atoms with van der Waals surface area (Å²) in [5, 5.41) is 0. The van der Waals surface area contributed by atoms with Crippen molar-refractivity contribution in [3.63, 3.8) is 0 Å². The zero-order chi connectivity index (χ0) is 10.8. The summed E-state index contributed by atoms with van der Waals surface area (Å²) in [5.41, 5.74) is 1.24. The van der Waals surface area contributed by atoms with Gasteiger partial charge >= 0.3 is 0 Å². The van der Waals surface area contributed by atoms with E-state index in [0.717, 1.165) is 5.75 Å². The quantitative estimate of drug-likeness (QED) is 0.775. The molecule has 1 aromatic carbocycles. The Labute approximate surface area is 95.3 Å². The molecular formula is C13H16OS. The number of hydrogen-bond acceptors (Lipinski definition) is 2. The van der Waals surface area contributed by atoms with Gasteiger partial charge in [0, 0.05) is 17.1 Å². The van der Waals surface area contributed by atoms with Gasteiger partial charge in [-0.3, -0.25) is 4.79 Å². The average molecular weight is 220 g/mol. The van der Waals surface area contributed by atoms with Gasteiger partial charge in [0.25, 0.3) is 0 Å². The molecule has 0 radical (unpaired) electrons. The van der Waals surface area contributed by atoms with E-state index in [4.69, 9.17) is 0 Å². The molecule has 0 N–H and O–H groups in total. The highest BCUT2D eigenvalue weighted by atomic mass is 32.2. The Hall–Kier alpha value is -0.760. The van der Waals surface area contributed by atoms with Gasteiger partial charge in [-0.2, -0.15) is 0 Å². The first kappa shape index (κ1) is 10.7. The summed E-state index contributed by atoms with van der Waals surface area (Å²) in [6.45, 7) is 4.21. The Morgan fingerprint density at radius 3 is 2.93 bits per heavy atom. The van der Waals surface area contributed by atoms with Crippen molar-refractivity contribution >= 4 is 17.5 Å². The molecule has 0 amide bonds. The van der Waals surface area contributed by atoms with E-state index in [9.17, 15) is 4.79 Å². The maximum atomic E-state index is 12.0. The monoisotopic (exact) mass is 220 g/mol. The number of fused-ring (bicyclic) bond motifs is 1. The third-order valence-electron chi connectivity index (χ3n) is 2.70. The molecule has 0 fully saturated rings. The number of carbonyl (C=O) groups excluding carboxylic acids is 1. The zero-order valence-electron chi connectivity index (χ0n) is 9.19. The van der Waals surface area contributed by atoms with E-state index < -0.39 is 0 Å². The Morgan fingerprint density at radius 2 is 2.20 bits per heavy atom. The van der Waals surface area contributed by atoms with Gasteiger partial charge in [0.15, 0.2) is 0 Å². The van der Waals surface area contributed by atoms with Crippen molar-refractivity contribution < 1.29 is 4.79 Å². The molecule has 1 atom stereocenters. The predicted molar refractivity (Wildman–Crippen MR) is 64.4 cm³/mol. The number of thioether (sulfide) groups is 1. The first-order valence-electron chi connectivity index (χ1n) is 5.43. The van der Waals surface area contributed by atoms with Crippen LogP contribution >= 0.6 is 11.8 Å². The van der Waals surface area contributed by atoms with Gasteiger partial charge in [0.05, 0.1) is 5.92 Å². The first-order valence-corrected chi connectivity index (χ1v) is 6.41. The third-order valence-corrected chi connectivity index (χ3v) is 3.88. The summed E-state index contributed by atoms with van der Waals surface area (Å²) in [7, 11) is 0. The highest BCUT2D eigenvalue weighted by Gasteiger charge is 2.28. The Balaban J connectivity index is 2.17. The molecule has 80 valence electrons. The topological polar surface area (TPSA) is 17.1 Å². The fourth-order valence-corrected chi connectivity index (χ4v) is 3.24. The molecular weight excluding hydrogens is 204 g/mol. The number of ketones is 1. The molecule has 0 saturated heterocycles. The lowest BCUT2D eigenvalue weighted by Gasteiger charge is -2.10. The molecule has 1 unspecified atom stereocenters. The van der Waals surface area contributed by atoms with Crippen LogP contribution in [0.4, 0.5) is 0 Å². The SMILES string of the molecule is CC(C)CC(=O)C1CSc2ccccc21. The number of Topliss-reactive ketones (excluding diaryl/α,β-unsaturated/α-hetero) is 1. The summed E-state index contributed by atoms with van der Waals surface area (Å²) in [5.74, 6) is 1.96. The predicted octanol–water partition coefficient (Wildman–Crippen LogP) is 3.49. The minimum Gasteiger partial charge on any atom is -0.299 e. The van der Waals surface area contributed by atoms with Gasteiger partial charge in [0.1, 0.15) is 5.78 Å². The Kier molecular flexibility index (Phi) is 3.15. The second-order valence-electron chi connectivity index (χ2n) is 4.47. The minimum atomic E-state index is 0.147. The van der Waals surface area contributed by atoms with Crippen molar-refractivity contribution in [3.8, 4) is 0 Å². The highest BCUT2D eigenvalue weighted by Crippen LogP contribution is 2.40. The maximum absolute atomic E-state index is 12.0. The van der Waals surface area contributed by atoms with Crippen molar-refractivity contribution in [1.29, 1.82) is 0 Å². The number of benzene rings is 1. The lowest BCUT2D eigenvalue weighted by atomic mass is 9.92. The molecule has 2 rings (SSSR count). The van der Waals surface area contributed by atoms with Crippen molar-refractivity contribution in [1.82, 2.24) is 0 Å². The summed E-state index contributed by atoms with van der Waals surface area (Å²) >= 11 is 1.81. The van der Waals surface area contributed by atoms with E-state index in [1.54, 1.807) is 0 Å². The minimum absolute atomic E-state index is 0.147. The van der Waals surface area contributed by atoms with Gasteiger partial charge < -0.3 is 0 Å². The zero-order valence-corrected chi connectivity index (χ0v) is 10.0. The molecule has 0 aliphatic carbocycles. The molecule has 0 spiro atoms. The normalized spacial score (nSPS) is 19.3. The first-order chi connectivity index (χ1) is 7.18. The molecule has 0 bridgehead atoms. The van der Waals surface area contributed by atoms with Crippen LogP contribution in [-0.4, -0.2) is 11.5 Å². The molecule has 1 nitrogen and oxygen atoms in total. The summed E-state index contributed by atoms with van der Waals surface area (Å²) in [4.78, 5) is 13.3. The van der Waals surface area contributed by atoms with Crippen molar-refractivity contribution in [2.24, 2.45) is 5.92 Å². The van der Waals surface area contributed by atoms with Crippen molar-refractivity contribution in [2.45, 2.75) is 31.1 Å². The number of hydrogen-bond donors (Lipinski definition) is 0. The van der Waals surface area contributed by atoms with Crippen LogP contribution in [-0.2, 0) is 4.79 Å². The molecule has 0 aromatic heterocycles. The molecule has 1 aliphatic heterocycles. The van der Waals surface area contributed by atoms with Crippen LogP contribution in [0.2, 0.25) is 0 Å². The van der Waals surface area contributed by atoms with Crippen molar-refractivity contribution in [3.05, 3.63) is 29.8 Å². The van der Waals surface area contributed by atoms with E-state index in [1.165, 1.54) is 10.5 Å². The molecule has 1 aromatic rings. The van der Waals surface area contributed by atoms with E-state index in [-0.39, 0.29) is 5.92 Å². The Morgan fingerprint density at radius 1 is 1.47 bits per heavy atom. The number of carbonyl (C=O) groups is 1. The lowest BCUT2D eigenvalue weighted by Crippen LogP contribution is -2.14. The maximum Gasteiger partial charge on any atom is 0.141 e. The van der Waals surface area contributed by atoms with E-state index in [2.05, 4.69) is 26.0 Å². The molecule has 15 heavy (non-hydrogen) atoms. The van der Waals surface area contributed by atoms with E-state index >= 15 is 0 Å². The summed E-state index contributed by atoms with van der Waals surface area (Å²) in [6, 6.07) is 8.28. The van der Waals surface area contributed by atoms with Crippen LogP contribution in [0.1, 0.15) is 31.7 Å². The fourth-order valence-electron chi connectivity index (χ4n) is 1.97. The summed E-state index contributed by atoms with van der Waals surface area (Å²) < 4.78 is 0. The fraction of sp³-hybridized carbons (Fsp3) is 0.462. The molecule has 0 saturated carbocycles. The largest absolute Gasteiger partial charge is 0.299 e. The molecule has 2 heteroatoms. The van der Waals surface area contributed by atoms with Crippen LogP contribution < -0.4 is 0 Å². The molecule has 1 heterocycles. The highest BCUT2D eigenvalue weighted by molar-refractivity contribution is 7.99. The van der Waals surface area contributed by atoms with E-state index in [1.807, 2.05) is 23.9 Å². The second-order valence-corrected chi connectivity index (χ2v) is 5.53. The summed E-state index contributed by atoms with van der Waals surface area (Å²) in [6.07, 6.45) is 0.708. The smallest absolute Gasteiger partial charge is 0.141 e. The number of rotatable bonds is 3. The Bertz CT molecular complexity index is 371. The van der Waals surface area contributed by atoms with E-state index in [0.29, 0.717) is 18.1 Å². The van der Waals surface area contributed by atoms with Gasteiger partial charge in [-0.25, -0.2) is 0 Å². The van der Waals surface area contributed by atoms with Crippen LogP contribution in [0.25, 0.3) is 0 Å². The van der Waals surface area contributed by atoms with Gasteiger partial charge in [-0.05, 0) is 17.5 Å². The van der Waals surface area contributed by atoms with Gasteiger partial charge in [0.2, 0.25) is 0 Å². The average Bonchev–Trinajstić information content (AvgIpc) is 2.59. The van der Waals surface area contributed by atoms with Gasteiger partial charge in [-0.15, -0.1) is 11.8 Å². The lowest BCUT2D eigenvalue weighted by molar-refractivity contribution is -0.120.